The summed E-state index contributed by atoms with van der Waals surface area (Å²) in [5, 5.41) is 3.99. The van der Waals surface area contributed by atoms with Gasteiger partial charge in [0, 0.05) is 24.2 Å². The van der Waals surface area contributed by atoms with Gasteiger partial charge in [-0.05, 0) is 33.1 Å². The van der Waals surface area contributed by atoms with Gasteiger partial charge in [-0.3, -0.25) is 0 Å². The third-order valence-corrected chi connectivity index (χ3v) is 4.09. The number of carbonyl (C=O) groups is 1. The number of hydrogen-bond donors (Lipinski definition) is 1. The Bertz CT molecular complexity index is 385. The Hall–Kier alpha value is -1.10. The predicted molar refractivity (Wildman–Crippen MR) is 69.2 cm³/mol. The standard InChI is InChI=1S/C12H19N3OS/c1-9-8-13-11(17-9)10(2)14-12(16)15-6-4-3-5-7-15/h8,10H,3-7H2,1-2H3,(H,14,16). The minimum absolute atomic E-state index is 0.00289. The van der Waals surface area contributed by atoms with Crippen LogP contribution in [-0.4, -0.2) is 29.0 Å². The number of amides is 2. The normalized spacial score (nSPS) is 17.9. The molecule has 1 aliphatic rings. The van der Waals surface area contributed by atoms with E-state index in [1.165, 1.54) is 11.3 Å². The molecule has 0 aliphatic carbocycles. The highest BCUT2D eigenvalue weighted by molar-refractivity contribution is 7.11. The first-order valence-corrected chi connectivity index (χ1v) is 6.96. The summed E-state index contributed by atoms with van der Waals surface area (Å²) < 4.78 is 0. The van der Waals surface area contributed by atoms with Gasteiger partial charge in [0.25, 0.3) is 0 Å². The Labute approximate surface area is 106 Å². The monoisotopic (exact) mass is 253 g/mol. The topological polar surface area (TPSA) is 45.2 Å². The number of aromatic nitrogens is 1. The zero-order chi connectivity index (χ0) is 12.3. The summed E-state index contributed by atoms with van der Waals surface area (Å²) in [4.78, 5) is 19.4. The molecule has 2 amide bonds. The lowest BCUT2D eigenvalue weighted by atomic mass is 10.1. The summed E-state index contributed by atoms with van der Waals surface area (Å²) in [5.41, 5.74) is 0. The molecular formula is C12H19N3OS. The summed E-state index contributed by atoms with van der Waals surface area (Å²) in [6, 6.07) is 0.0492. The molecule has 1 saturated heterocycles. The fraction of sp³-hybridized carbons (Fsp3) is 0.667. The summed E-state index contributed by atoms with van der Waals surface area (Å²) in [6.07, 6.45) is 5.34. The molecule has 0 bridgehead atoms. The number of thiazole rings is 1. The van der Waals surface area contributed by atoms with Crippen LogP contribution < -0.4 is 5.32 Å². The van der Waals surface area contributed by atoms with Gasteiger partial charge in [-0.15, -0.1) is 11.3 Å². The zero-order valence-corrected chi connectivity index (χ0v) is 11.2. The van der Waals surface area contributed by atoms with Crippen LogP contribution in [0.25, 0.3) is 0 Å². The lowest BCUT2D eigenvalue weighted by molar-refractivity contribution is 0.183. The van der Waals surface area contributed by atoms with Gasteiger partial charge >= 0.3 is 6.03 Å². The van der Waals surface area contributed by atoms with Crippen LogP contribution in [-0.2, 0) is 0 Å². The van der Waals surface area contributed by atoms with E-state index < -0.39 is 0 Å². The van der Waals surface area contributed by atoms with Crippen LogP contribution in [0.15, 0.2) is 6.20 Å². The van der Waals surface area contributed by atoms with E-state index in [-0.39, 0.29) is 12.1 Å². The van der Waals surface area contributed by atoms with E-state index in [2.05, 4.69) is 10.3 Å². The highest BCUT2D eigenvalue weighted by Gasteiger charge is 2.19. The average molecular weight is 253 g/mol. The van der Waals surface area contributed by atoms with Crippen molar-refractivity contribution in [3.05, 3.63) is 16.1 Å². The number of carbonyl (C=O) groups excluding carboxylic acids is 1. The zero-order valence-electron chi connectivity index (χ0n) is 10.4. The van der Waals surface area contributed by atoms with Gasteiger partial charge in [0.05, 0.1) is 6.04 Å². The Morgan fingerprint density at radius 1 is 1.47 bits per heavy atom. The van der Waals surface area contributed by atoms with Crippen molar-refractivity contribution in [3.63, 3.8) is 0 Å². The van der Waals surface area contributed by atoms with Gasteiger partial charge in [0.15, 0.2) is 0 Å². The Kier molecular flexibility index (Phi) is 3.99. The fourth-order valence-electron chi connectivity index (χ4n) is 2.01. The van der Waals surface area contributed by atoms with E-state index in [0.29, 0.717) is 0 Å². The maximum Gasteiger partial charge on any atom is 0.317 e. The van der Waals surface area contributed by atoms with E-state index in [4.69, 9.17) is 0 Å². The maximum absolute atomic E-state index is 12.0. The van der Waals surface area contributed by atoms with Crippen molar-refractivity contribution < 1.29 is 4.79 Å². The molecule has 1 aromatic heterocycles. The highest BCUT2D eigenvalue weighted by Crippen LogP contribution is 2.19. The van der Waals surface area contributed by atoms with Crippen LogP contribution in [0.2, 0.25) is 0 Å². The van der Waals surface area contributed by atoms with Crippen LogP contribution in [0.3, 0.4) is 0 Å². The molecule has 0 aromatic carbocycles. The average Bonchev–Trinajstić information content (AvgIpc) is 2.77. The predicted octanol–water partition coefficient (Wildman–Crippen LogP) is 2.71. The van der Waals surface area contributed by atoms with Gasteiger partial charge < -0.3 is 10.2 Å². The minimum atomic E-state index is 0.00289. The van der Waals surface area contributed by atoms with Crippen molar-refractivity contribution in [1.29, 1.82) is 0 Å². The van der Waals surface area contributed by atoms with Gasteiger partial charge in [-0.25, -0.2) is 9.78 Å². The molecule has 1 fully saturated rings. The number of piperidine rings is 1. The van der Waals surface area contributed by atoms with Crippen LogP contribution in [0.1, 0.15) is 42.1 Å². The largest absolute Gasteiger partial charge is 0.329 e. The van der Waals surface area contributed by atoms with E-state index in [1.807, 2.05) is 24.9 Å². The molecule has 2 rings (SSSR count). The third-order valence-electron chi connectivity index (χ3n) is 2.99. The smallest absolute Gasteiger partial charge is 0.317 e. The number of hydrogen-bond acceptors (Lipinski definition) is 3. The van der Waals surface area contributed by atoms with Gasteiger partial charge in [-0.1, -0.05) is 0 Å². The van der Waals surface area contributed by atoms with E-state index >= 15 is 0 Å². The molecule has 4 nitrogen and oxygen atoms in total. The molecule has 1 aromatic rings. The Morgan fingerprint density at radius 3 is 2.76 bits per heavy atom. The number of aryl methyl sites for hydroxylation is 1. The molecule has 2 heterocycles. The van der Waals surface area contributed by atoms with Crippen LogP contribution in [0.5, 0.6) is 0 Å². The fourth-order valence-corrected chi connectivity index (χ4v) is 2.78. The molecule has 94 valence electrons. The maximum atomic E-state index is 12.0. The first-order valence-electron chi connectivity index (χ1n) is 6.14. The van der Waals surface area contributed by atoms with Crippen LogP contribution >= 0.6 is 11.3 Å². The van der Waals surface area contributed by atoms with Crippen LogP contribution in [0, 0.1) is 6.92 Å². The molecule has 5 heteroatoms. The summed E-state index contributed by atoms with van der Waals surface area (Å²) in [6.45, 7) is 5.78. The molecule has 1 N–H and O–H groups in total. The lowest BCUT2D eigenvalue weighted by Crippen LogP contribution is -2.43. The second-order valence-corrected chi connectivity index (χ2v) is 5.79. The van der Waals surface area contributed by atoms with Crippen molar-refractivity contribution in [2.24, 2.45) is 0 Å². The number of likely N-dealkylation sites (tertiary alicyclic amines) is 1. The number of urea groups is 1. The number of nitrogens with zero attached hydrogens (tertiary/aromatic N) is 2. The molecule has 0 spiro atoms. The molecule has 1 unspecified atom stereocenters. The lowest BCUT2D eigenvalue weighted by Gasteiger charge is -2.28. The van der Waals surface area contributed by atoms with E-state index in [0.717, 1.165) is 30.9 Å². The van der Waals surface area contributed by atoms with E-state index in [9.17, 15) is 4.79 Å². The van der Waals surface area contributed by atoms with Gasteiger partial charge in [0.2, 0.25) is 0 Å². The van der Waals surface area contributed by atoms with Crippen molar-refractivity contribution in [1.82, 2.24) is 15.2 Å². The minimum Gasteiger partial charge on any atom is -0.329 e. The highest BCUT2D eigenvalue weighted by atomic mass is 32.1. The molecule has 17 heavy (non-hydrogen) atoms. The Morgan fingerprint density at radius 2 is 2.18 bits per heavy atom. The first-order chi connectivity index (χ1) is 8.16. The second-order valence-electron chi connectivity index (χ2n) is 4.53. The molecule has 0 radical (unpaired) electrons. The molecule has 1 atom stereocenters. The number of rotatable bonds is 2. The SMILES string of the molecule is Cc1cnc(C(C)NC(=O)N2CCCCC2)s1. The first kappa shape index (κ1) is 12.4. The van der Waals surface area contributed by atoms with Crippen molar-refractivity contribution in [2.75, 3.05) is 13.1 Å². The quantitative estimate of drug-likeness (QED) is 0.880. The van der Waals surface area contributed by atoms with Crippen LogP contribution in [0.4, 0.5) is 4.79 Å². The third kappa shape index (κ3) is 3.19. The molecule has 1 aliphatic heterocycles. The van der Waals surface area contributed by atoms with E-state index in [1.54, 1.807) is 11.3 Å². The summed E-state index contributed by atoms with van der Waals surface area (Å²) in [7, 11) is 0. The van der Waals surface area contributed by atoms with Crippen molar-refractivity contribution in [2.45, 2.75) is 39.2 Å². The number of nitrogens with one attached hydrogen (secondary N) is 1. The molecule has 0 saturated carbocycles. The van der Waals surface area contributed by atoms with Crippen molar-refractivity contribution in [3.8, 4) is 0 Å². The van der Waals surface area contributed by atoms with Gasteiger partial charge in [0.1, 0.15) is 5.01 Å². The summed E-state index contributed by atoms with van der Waals surface area (Å²) >= 11 is 1.64. The van der Waals surface area contributed by atoms with Gasteiger partial charge in [-0.2, -0.15) is 0 Å². The molecular weight excluding hydrogens is 234 g/mol. The second kappa shape index (κ2) is 5.49. The Balaban J connectivity index is 1.89. The van der Waals surface area contributed by atoms with Crippen molar-refractivity contribution >= 4 is 17.4 Å². The summed E-state index contributed by atoms with van der Waals surface area (Å²) in [5.74, 6) is 0.